The minimum absolute atomic E-state index is 0.210. The van der Waals surface area contributed by atoms with Crippen LogP contribution in [0.2, 0.25) is 0 Å². The quantitative estimate of drug-likeness (QED) is 0.436. The minimum Gasteiger partial charge on any atom is -0.394 e. The van der Waals surface area contributed by atoms with Gasteiger partial charge in [0.25, 0.3) is 5.91 Å². The number of hydrogen-bond acceptors (Lipinski definition) is 6. The smallest absolute Gasteiger partial charge is 0.251 e. The fourth-order valence-electron chi connectivity index (χ4n) is 3.91. The molecule has 35 heavy (non-hydrogen) atoms. The third-order valence-electron chi connectivity index (χ3n) is 6.23. The molecule has 3 rings (SSSR count). The van der Waals surface area contributed by atoms with Crippen molar-refractivity contribution >= 4 is 27.6 Å². The zero-order valence-electron chi connectivity index (χ0n) is 21.1. The van der Waals surface area contributed by atoms with Crippen molar-refractivity contribution in [1.82, 2.24) is 10.3 Å². The normalized spacial score (nSPS) is 14.6. The first-order chi connectivity index (χ1) is 16.6. The third-order valence-corrected chi connectivity index (χ3v) is 8.38. The summed E-state index contributed by atoms with van der Waals surface area (Å²) in [4.78, 5) is 20.1. The van der Waals surface area contributed by atoms with E-state index in [1.54, 1.807) is 19.9 Å². The second kappa shape index (κ2) is 11.9. The summed E-state index contributed by atoms with van der Waals surface area (Å²) in [6, 6.07) is 12.4. The first kappa shape index (κ1) is 26.9. The molecule has 0 saturated heterocycles. The van der Waals surface area contributed by atoms with Crippen LogP contribution in [0.3, 0.4) is 0 Å². The van der Waals surface area contributed by atoms with Gasteiger partial charge < -0.3 is 15.3 Å². The molecule has 1 aliphatic carbocycles. The van der Waals surface area contributed by atoms with Gasteiger partial charge in [-0.1, -0.05) is 37.3 Å². The van der Waals surface area contributed by atoms with Crippen LogP contribution >= 0.6 is 0 Å². The van der Waals surface area contributed by atoms with Crippen molar-refractivity contribution < 1.29 is 18.3 Å². The van der Waals surface area contributed by atoms with E-state index < -0.39 is 21.3 Å². The Hall–Kier alpha value is -2.65. The van der Waals surface area contributed by atoms with Crippen molar-refractivity contribution in [2.75, 3.05) is 35.9 Å². The number of aliphatic hydroxyl groups excluding tert-OH is 1. The number of aromatic nitrogens is 1. The molecule has 1 heterocycles. The first-order valence-corrected chi connectivity index (χ1v) is 13.9. The van der Waals surface area contributed by atoms with E-state index in [0.29, 0.717) is 23.7 Å². The molecule has 1 aliphatic rings. The molecular formula is C26H38N4O4S. The van der Waals surface area contributed by atoms with Crippen molar-refractivity contribution in [3.63, 3.8) is 0 Å². The van der Waals surface area contributed by atoms with Crippen molar-refractivity contribution in [1.29, 1.82) is 0 Å². The van der Waals surface area contributed by atoms with E-state index in [9.17, 15) is 18.3 Å². The Kier molecular flexibility index (Phi) is 9.13. The summed E-state index contributed by atoms with van der Waals surface area (Å²) in [5, 5.41) is 12.2. The lowest BCUT2D eigenvalue weighted by atomic mass is 10.1. The van der Waals surface area contributed by atoms with Gasteiger partial charge in [0, 0.05) is 25.7 Å². The largest absolute Gasteiger partial charge is 0.394 e. The highest BCUT2D eigenvalue weighted by Gasteiger charge is 2.28. The maximum absolute atomic E-state index is 13.3. The number of pyridine rings is 1. The molecule has 9 heteroatoms. The number of nitrogens with zero attached hydrogens (tertiary/aromatic N) is 3. The number of amides is 1. The van der Waals surface area contributed by atoms with Crippen LogP contribution in [0.25, 0.3) is 0 Å². The zero-order chi connectivity index (χ0) is 25.6. The van der Waals surface area contributed by atoms with E-state index in [0.717, 1.165) is 29.4 Å². The third kappa shape index (κ3) is 7.18. The molecule has 1 atom stereocenters. The number of nitrogens with one attached hydrogen (secondary N) is 1. The van der Waals surface area contributed by atoms with E-state index in [1.165, 1.54) is 26.0 Å². The SMILES string of the molecule is CCCN(CC1CC1)c1cc(C(=O)N[C@H](CO)Cc2ccccc2)cc(N(C)S(=O)(=O)C(C)C)n1. The Morgan fingerprint density at radius 3 is 2.40 bits per heavy atom. The minimum atomic E-state index is -3.63. The summed E-state index contributed by atoms with van der Waals surface area (Å²) in [5.74, 6) is 1.03. The lowest BCUT2D eigenvalue weighted by Gasteiger charge is -2.27. The van der Waals surface area contributed by atoms with Crippen LogP contribution in [-0.4, -0.2) is 62.5 Å². The fraction of sp³-hybridized carbons (Fsp3) is 0.538. The summed E-state index contributed by atoms with van der Waals surface area (Å²) in [6.07, 6.45) is 3.74. The van der Waals surface area contributed by atoms with Crippen LogP contribution in [0.15, 0.2) is 42.5 Å². The van der Waals surface area contributed by atoms with Gasteiger partial charge in [0.2, 0.25) is 10.0 Å². The Bertz CT molecular complexity index is 1090. The Balaban J connectivity index is 1.93. The van der Waals surface area contributed by atoms with Gasteiger partial charge in [-0.05, 0) is 63.1 Å². The molecule has 192 valence electrons. The molecule has 2 N–H and O–H groups in total. The van der Waals surface area contributed by atoms with E-state index in [4.69, 9.17) is 0 Å². The van der Waals surface area contributed by atoms with Gasteiger partial charge in [0.15, 0.2) is 0 Å². The number of hydrogen-bond donors (Lipinski definition) is 2. The van der Waals surface area contributed by atoms with Gasteiger partial charge in [-0.15, -0.1) is 0 Å². The van der Waals surface area contributed by atoms with Crippen LogP contribution < -0.4 is 14.5 Å². The Morgan fingerprint density at radius 1 is 1.17 bits per heavy atom. The Morgan fingerprint density at radius 2 is 1.83 bits per heavy atom. The molecule has 0 aliphatic heterocycles. The molecule has 1 amide bonds. The number of rotatable bonds is 13. The molecule has 0 bridgehead atoms. The molecule has 2 aromatic rings. The van der Waals surface area contributed by atoms with E-state index in [1.807, 2.05) is 30.3 Å². The lowest BCUT2D eigenvalue weighted by Crippen LogP contribution is -2.39. The van der Waals surface area contributed by atoms with Gasteiger partial charge in [-0.3, -0.25) is 9.10 Å². The van der Waals surface area contributed by atoms with Crippen molar-refractivity contribution in [2.24, 2.45) is 5.92 Å². The van der Waals surface area contributed by atoms with E-state index in [-0.39, 0.29) is 18.3 Å². The average molecular weight is 503 g/mol. The van der Waals surface area contributed by atoms with Crippen LogP contribution in [-0.2, 0) is 16.4 Å². The maximum atomic E-state index is 13.3. The highest BCUT2D eigenvalue weighted by Crippen LogP contribution is 2.32. The number of anilines is 2. The van der Waals surface area contributed by atoms with Crippen LogP contribution in [0.1, 0.15) is 56.0 Å². The summed E-state index contributed by atoms with van der Waals surface area (Å²) < 4.78 is 26.9. The lowest BCUT2D eigenvalue weighted by molar-refractivity contribution is 0.0916. The summed E-state index contributed by atoms with van der Waals surface area (Å²) in [5.41, 5.74) is 1.32. The van der Waals surface area contributed by atoms with Crippen molar-refractivity contribution in [2.45, 2.75) is 57.7 Å². The highest BCUT2D eigenvalue weighted by molar-refractivity contribution is 7.93. The van der Waals surface area contributed by atoms with Crippen LogP contribution in [0, 0.1) is 5.92 Å². The predicted molar refractivity (Wildman–Crippen MR) is 140 cm³/mol. The van der Waals surface area contributed by atoms with Gasteiger partial charge in [0.05, 0.1) is 17.9 Å². The summed E-state index contributed by atoms with van der Waals surface area (Å²) in [7, 11) is -2.15. The molecular weight excluding hydrogens is 464 g/mol. The molecule has 1 aromatic heterocycles. The molecule has 1 aromatic carbocycles. The predicted octanol–water partition coefficient (Wildman–Crippen LogP) is 3.22. The molecule has 1 fully saturated rings. The standard InChI is InChI=1S/C26H38N4O4S/c1-5-13-30(17-21-11-12-21)25-16-22(15-24(28-25)29(4)35(33,34)19(2)3)26(32)27-23(18-31)14-20-9-7-6-8-10-20/h6-10,15-16,19,21,23,31H,5,11-14,17-18H2,1-4H3,(H,27,32)/t23-/m0/s1. The maximum Gasteiger partial charge on any atom is 0.251 e. The monoisotopic (exact) mass is 502 g/mol. The Labute approximate surface area is 209 Å². The van der Waals surface area contributed by atoms with Gasteiger partial charge >= 0.3 is 0 Å². The number of carbonyl (C=O) groups excluding carboxylic acids is 1. The van der Waals surface area contributed by atoms with Crippen LogP contribution in [0.5, 0.6) is 0 Å². The molecule has 0 radical (unpaired) electrons. The molecule has 0 unspecified atom stereocenters. The number of benzene rings is 1. The second-order valence-electron chi connectivity index (χ2n) is 9.57. The number of sulfonamides is 1. The molecule has 8 nitrogen and oxygen atoms in total. The topological polar surface area (TPSA) is 103 Å². The van der Waals surface area contributed by atoms with E-state index >= 15 is 0 Å². The van der Waals surface area contributed by atoms with Gasteiger partial charge in [0.1, 0.15) is 11.6 Å². The van der Waals surface area contributed by atoms with Gasteiger partial charge in [-0.25, -0.2) is 13.4 Å². The second-order valence-corrected chi connectivity index (χ2v) is 12.1. The molecule has 0 spiro atoms. The molecule has 1 saturated carbocycles. The highest BCUT2D eigenvalue weighted by atomic mass is 32.2. The van der Waals surface area contributed by atoms with Gasteiger partial charge in [-0.2, -0.15) is 0 Å². The van der Waals surface area contributed by atoms with Crippen LogP contribution in [0.4, 0.5) is 11.6 Å². The fourth-order valence-corrected chi connectivity index (χ4v) is 4.90. The summed E-state index contributed by atoms with van der Waals surface area (Å²) in [6.45, 7) is 6.71. The number of aliphatic hydroxyl groups is 1. The van der Waals surface area contributed by atoms with E-state index in [2.05, 4.69) is 22.1 Å². The van der Waals surface area contributed by atoms with Crippen molar-refractivity contribution in [3.05, 3.63) is 53.6 Å². The first-order valence-electron chi connectivity index (χ1n) is 12.4. The van der Waals surface area contributed by atoms with Crippen molar-refractivity contribution in [3.8, 4) is 0 Å². The zero-order valence-corrected chi connectivity index (χ0v) is 22.0. The summed E-state index contributed by atoms with van der Waals surface area (Å²) >= 11 is 0. The number of carbonyl (C=O) groups is 1. The average Bonchev–Trinajstić information content (AvgIpc) is 3.67.